The summed E-state index contributed by atoms with van der Waals surface area (Å²) in [5, 5.41) is 0. The van der Waals surface area contributed by atoms with E-state index in [9.17, 15) is 4.79 Å². The largest absolute Gasteiger partial charge is 0.291 e. The molecule has 1 aromatic rings. The molecule has 1 radical (unpaired) electrons. The van der Waals surface area contributed by atoms with Crippen LogP contribution in [0.4, 0.5) is 0 Å². The summed E-state index contributed by atoms with van der Waals surface area (Å²) >= 11 is 3.44. The molecular weight excluding hydrogens is 200 g/mol. The maximum atomic E-state index is 10.2. The van der Waals surface area contributed by atoms with Crippen molar-refractivity contribution in [2.24, 2.45) is 0 Å². The first-order valence-corrected chi connectivity index (χ1v) is 6.32. The molecule has 3 heteroatoms. The maximum absolute atomic E-state index is 10.2. The molecule has 1 nitrogen and oxygen atoms in total. The monoisotopic (exact) mass is 211 g/mol. The van der Waals surface area contributed by atoms with E-state index in [1.165, 1.54) is 9.79 Å². The summed E-state index contributed by atoms with van der Waals surface area (Å²) in [5.74, 6) is 0. The number of thioether (sulfide) groups is 2. The molecule has 0 aliphatic heterocycles. The molecule has 0 aromatic heterocycles. The molecule has 0 atom stereocenters. The van der Waals surface area contributed by atoms with E-state index in [0.717, 1.165) is 5.56 Å². The molecule has 13 heavy (non-hydrogen) atoms. The van der Waals surface area contributed by atoms with Gasteiger partial charge < -0.3 is 0 Å². The molecule has 0 aliphatic carbocycles. The van der Waals surface area contributed by atoms with Crippen molar-refractivity contribution in [3.8, 4) is 0 Å². The third-order valence-corrected chi connectivity index (χ3v) is 3.43. The van der Waals surface area contributed by atoms with E-state index in [4.69, 9.17) is 0 Å². The van der Waals surface area contributed by atoms with Gasteiger partial charge in [-0.25, -0.2) is 0 Å². The van der Waals surface area contributed by atoms with Crippen LogP contribution in [0.5, 0.6) is 0 Å². The Morgan fingerprint density at radius 1 is 1.23 bits per heavy atom. The lowest BCUT2D eigenvalue weighted by Gasteiger charge is -2.05. The molecule has 0 bridgehead atoms. The molecule has 0 saturated heterocycles. The lowest BCUT2D eigenvalue weighted by molar-refractivity contribution is 0.555. The van der Waals surface area contributed by atoms with E-state index in [1.54, 1.807) is 23.5 Å². The van der Waals surface area contributed by atoms with Crippen molar-refractivity contribution in [1.29, 1.82) is 0 Å². The molecule has 69 valence electrons. The van der Waals surface area contributed by atoms with Crippen molar-refractivity contribution in [3.63, 3.8) is 0 Å². The van der Waals surface area contributed by atoms with Crippen LogP contribution in [0.15, 0.2) is 28.0 Å². The number of hydrogen-bond donors (Lipinski definition) is 0. The van der Waals surface area contributed by atoms with Crippen LogP contribution >= 0.6 is 23.5 Å². The van der Waals surface area contributed by atoms with Gasteiger partial charge in [0.25, 0.3) is 0 Å². The minimum Gasteiger partial charge on any atom is -0.291 e. The summed E-state index contributed by atoms with van der Waals surface area (Å²) in [6.07, 6.45) is 6.40. The van der Waals surface area contributed by atoms with Gasteiger partial charge in [0.15, 0.2) is 0 Å². The summed E-state index contributed by atoms with van der Waals surface area (Å²) in [7, 11) is 0. The lowest BCUT2D eigenvalue weighted by atomic mass is 10.2. The van der Waals surface area contributed by atoms with Crippen LogP contribution in [0.1, 0.15) is 5.56 Å². The Morgan fingerprint density at radius 2 is 1.92 bits per heavy atom. The first kappa shape index (κ1) is 10.7. The van der Waals surface area contributed by atoms with Gasteiger partial charge in [0.1, 0.15) is 0 Å². The minimum absolute atomic E-state index is 0.391. The Balaban J connectivity index is 2.98. The van der Waals surface area contributed by atoms with Crippen LogP contribution in [0, 0.1) is 0 Å². The van der Waals surface area contributed by atoms with E-state index in [-0.39, 0.29) is 0 Å². The van der Waals surface area contributed by atoms with Gasteiger partial charge in [-0.15, -0.1) is 23.5 Å². The summed E-state index contributed by atoms with van der Waals surface area (Å²) in [4.78, 5) is 12.7. The van der Waals surface area contributed by atoms with Crippen LogP contribution in [0.25, 0.3) is 0 Å². The highest BCUT2D eigenvalue weighted by Gasteiger charge is 2.01. The number of carbonyl (C=O) groups excluding carboxylic acids is 1. The van der Waals surface area contributed by atoms with Gasteiger partial charge in [-0.3, -0.25) is 4.79 Å². The average Bonchev–Trinajstić information content (AvgIpc) is 2.18. The summed E-state index contributed by atoms with van der Waals surface area (Å²) in [5.41, 5.74) is 1.04. The van der Waals surface area contributed by atoms with Crippen molar-refractivity contribution in [2.75, 3.05) is 12.5 Å². The zero-order chi connectivity index (χ0) is 9.68. The lowest BCUT2D eigenvalue weighted by Crippen LogP contribution is -1.87. The molecule has 1 rings (SSSR count). The van der Waals surface area contributed by atoms with Crippen LogP contribution in [0.2, 0.25) is 0 Å². The Labute approximate surface area is 87.3 Å². The molecule has 0 aliphatic rings. The number of hydrogen-bond acceptors (Lipinski definition) is 3. The second-order valence-electron chi connectivity index (χ2n) is 2.51. The molecule has 0 N–H and O–H groups in total. The van der Waals surface area contributed by atoms with E-state index in [2.05, 4.69) is 18.4 Å². The molecular formula is C10H11OS2. The summed E-state index contributed by atoms with van der Waals surface area (Å²) in [6.45, 7) is 0. The Kier molecular flexibility index (Phi) is 4.39. The molecule has 0 fully saturated rings. The van der Waals surface area contributed by atoms with Crippen LogP contribution in [-0.2, 0) is 11.2 Å². The molecule has 0 amide bonds. The zero-order valence-corrected chi connectivity index (χ0v) is 9.30. The molecule has 0 saturated carbocycles. The second kappa shape index (κ2) is 5.35. The van der Waals surface area contributed by atoms with Gasteiger partial charge in [0.2, 0.25) is 6.29 Å². The second-order valence-corrected chi connectivity index (χ2v) is 4.21. The van der Waals surface area contributed by atoms with Crippen molar-refractivity contribution in [3.05, 3.63) is 23.8 Å². The molecule has 0 spiro atoms. The SMILES string of the molecule is CSc1ccc(C[C]=O)cc1SC. The average molecular weight is 211 g/mol. The van der Waals surface area contributed by atoms with Crippen molar-refractivity contribution in [2.45, 2.75) is 16.2 Å². The van der Waals surface area contributed by atoms with Crippen LogP contribution < -0.4 is 0 Å². The van der Waals surface area contributed by atoms with Gasteiger partial charge >= 0.3 is 0 Å². The number of benzene rings is 1. The number of rotatable bonds is 4. The summed E-state index contributed by atoms with van der Waals surface area (Å²) < 4.78 is 0. The molecule has 1 aromatic carbocycles. The molecule has 0 unspecified atom stereocenters. The first-order valence-electron chi connectivity index (χ1n) is 3.87. The van der Waals surface area contributed by atoms with E-state index < -0.39 is 0 Å². The van der Waals surface area contributed by atoms with Gasteiger partial charge in [-0.05, 0) is 30.2 Å². The van der Waals surface area contributed by atoms with Crippen LogP contribution in [0.3, 0.4) is 0 Å². The molecule has 0 heterocycles. The van der Waals surface area contributed by atoms with Gasteiger partial charge in [0.05, 0.1) is 0 Å². The van der Waals surface area contributed by atoms with Gasteiger partial charge in [-0.2, -0.15) is 0 Å². The highest BCUT2D eigenvalue weighted by molar-refractivity contribution is 8.01. The normalized spacial score (nSPS) is 10.0. The minimum atomic E-state index is 0.391. The van der Waals surface area contributed by atoms with E-state index >= 15 is 0 Å². The van der Waals surface area contributed by atoms with Gasteiger partial charge in [-0.1, -0.05) is 6.07 Å². The van der Waals surface area contributed by atoms with Crippen LogP contribution in [-0.4, -0.2) is 18.8 Å². The fourth-order valence-corrected chi connectivity index (χ4v) is 2.58. The van der Waals surface area contributed by atoms with Crippen molar-refractivity contribution < 1.29 is 4.79 Å². The Bertz CT molecular complexity index is 297. The van der Waals surface area contributed by atoms with E-state index in [0.29, 0.717) is 6.42 Å². The highest BCUT2D eigenvalue weighted by Crippen LogP contribution is 2.28. The highest BCUT2D eigenvalue weighted by atomic mass is 32.2. The smallest absolute Gasteiger partial charge is 0.203 e. The fraction of sp³-hybridized carbons (Fsp3) is 0.300. The predicted octanol–water partition coefficient (Wildman–Crippen LogP) is 2.78. The Morgan fingerprint density at radius 3 is 2.46 bits per heavy atom. The summed E-state index contributed by atoms with van der Waals surface area (Å²) in [6, 6.07) is 6.10. The van der Waals surface area contributed by atoms with Gasteiger partial charge in [0, 0.05) is 16.2 Å². The zero-order valence-electron chi connectivity index (χ0n) is 7.66. The van der Waals surface area contributed by atoms with Crippen molar-refractivity contribution >= 4 is 29.8 Å². The fourth-order valence-electron chi connectivity index (χ4n) is 1.07. The van der Waals surface area contributed by atoms with Crippen molar-refractivity contribution in [1.82, 2.24) is 0 Å². The standard InChI is InChI=1S/C10H11OS2/c1-12-9-4-3-8(5-6-11)7-10(9)13-2/h3-4,7H,5H2,1-2H3. The quantitative estimate of drug-likeness (QED) is 0.713. The third-order valence-electron chi connectivity index (χ3n) is 1.72. The topological polar surface area (TPSA) is 17.1 Å². The predicted molar refractivity (Wildman–Crippen MR) is 59.4 cm³/mol. The Hall–Kier alpha value is -0.410. The third kappa shape index (κ3) is 2.78. The van der Waals surface area contributed by atoms with E-state index in [1.807, 2.05) is 18.6 Å². The first-order chi connectivity index (χ1) is 6.31. The maximum Gasteiger partial charge on any atom is 0.203 e.